The van der Waals surface area contributed by atoms with E-state index in [1.807, 2.05) is 20.8 Å². The van der Waals surface area contributed by atoms with E-state index in [0.29, 0.717) is 19.8 Å². The largest absolute Gasteiger partial charge is 0.577 e. The first-order valence-corrected chi connectivity index (χ1v) is 4.82. The average Bonchev–Trinajstić information content (AvgIpc) is 1.90. The highest BCUT2D eigenvalue weighted by atomic mass is 28.3. The third-order valence-electron chi connectivity index (χ3n) is 0.787. The summed E-state index contributed by atoms with van der Waals surface area (Å²) in [7, 11) is -1.40. The molecule has 0 bridgehead atoms. The van der Waals surface area contributed by atoms with E-state index in [2.05, 4.69) is 0 Å². The fourth-order valence-electron chi connectivity index (χ4n) is 0.479. The molecular weight excluding hydrogens is 148 g/mol. The molecule has 0 heterocycles. The van der Waals surface area contributed by atoms with Gasteiger partial charge >= 0.3 is 9.53 Å². The van der Waals surface area contributed by atoms with Gasteiger partial charge in [0.1, 0.15) is 0 Å². The summed E-state index contributed by atoms with van der Waals surface area (Å²) in [6.07, 6.45) is 0. The summed E-state index contributed by atoms with van der Waals surface area (Å²) in [5.74, 6) is 0. The van der Waals surface area contributed by atoms with Crippen LogP contribution in [-0.2, 0) is 13.3 Å². The molecule has 0 atom stereocenters. The van der Waals surface area contributed by atoms with Gasteiger partial charge in [0.15, 0.2) is 0 Å². The van der Waals surface area contributed by atoms with Crippen molar-refractivity contribution < 1.29 is 13.3 Å². The van der Waals surface area contributed by atoms with Crippen LogP contribution in [0, 0.1) is 0 Å². The maximum Gasteiger partial charge on any atom is 0.577 e. The monoisotopic (exact) mass is 163 g/mol. The quantitative estimate of drug-likeness (QED) is 0.548. The molecule has 0 aliphatic carbocycles. The van der Waals surface area contributed by atoms with Gasteiger partial charge in [-0.05, 0) is 20.8 Å². The van der Waals surface area contributed by atoms with Gasteiger partial charge in [-0.25, -0.2) is 0 Å². The zero-order chi connectivity index (χ0) is 7.82. The third-order valence-corrected chi connectivity index (χ3v) is 2.36. The highest BCUT2D eigenvalue weighted by Crippen LogP contribution is 1.90. The van der Waals surface area contributed by atoms with Crippen molar-refractivity contribution in [3.63, 3.8) is 0 Å². The first-order valence-electron chi connectivity index (χ1n) is 3.60. The molecule has 0 saturated carbocycles. The van der Waals surface area contributed by atoms with Crippen LogP contribution in [0.4, 0.5) is 0 Å². The van der Waals surface area contributed by atoms with Gasteiger partial charge in [-0.2, -0.15) is 0 Å². The van der Waals surface area contributed by atoms with Crippen LogP contribution in [0.3, 0.4) is 0 Å². The molecule has 0 amide bonds. The van der Waals surface area contributed by atoms with Crippen molar-refractivity contribution in [1.82, 2.24) is 0 Å². The van der Waals surface area contributed by atoms with Gasteiger partial charge in [0.2, 0.25) is 0 Å². The molecule has 0 N–H and O–H groups in total. The minimum atomic E-state index is -1.40. The van der Waals surface area contributed by atoms with Gasteiger partial charge in [-0.1, -0.05) is 0 Å². The normalized spacial score (nSPS) is 10.8. The minimum Gasteiger partial charge on any atom is -0.371 e. The Morgan fingerprint density at radius 1 is 0.800 bits per heavy atom. The molecule has 0 unspecified atom stereocenters. The summed E-state index contributed by atoms with van der Waals surface area (Å²) in [5, 5.41) is 0. The molecule has 4 heteroatoms. The van der Waals surface area contributed by atoms with E-state index in [4.69, 9.17) is 13.3 Å². The lowest BCUT2D eigenvalue weighted by atomic mass is 10.9. The molecule has 0 saturated heterocycles. The Hall–Kier alpha value is 0.0969. The average molecular weight is 163 g/mol. The summed E-state index contributed by atoms with van der Waals surface area (Å²) in [5.41, 5.74) is 0. The Balaban J connectivity index is 3.30. The molecule has 0 aliphatic rings. The molecule has 0 rings (SSSR count). The molecule has 0 fully saturated rings. The van der Waals surface area contributed by atoms with E-state index in [-0.39, 0.29) is 0 Å². The number of hydrogen-bond acceptors (Lipinski definition) is 3. The van der Waals surface area contributed by atoms with E-state index in [0.717, 1.165) is 0 Å². The van der Waals surface area contributed by atoms with E-state index in [1.165, 1.54) is 0 Å². The SMILES string of the molecule is CCO[Si](OCC)OCC. The van der Waals surface area contributed by atoms with Crippen LogP contribution < -0.4 is 0 Å². The molecule has 61 valence electrons. The van der Waals surface area contributed by atoms with Crippen molar-refractivity contribution in [2.45, 2.75) is 20.8 Å². The van der Waals surface area contributed by atoms with Gasteiger partial charge in [-0.3, -0.25) is 0 Å². The van der Waals surface area contributed by atoms with Crippen molar-refractivity contribution in [2.24, 2.45) is 0 Å². The third kappa shape index (κ3) is 4.93. The second-order valence-electron chi connectivity index (χ2n) is 1.55. The zero-order valence-electron chi connectivity index (χ0n) is 6.85. The van der Waals surface area contributed by atoms with E-state index >= 15 is 0 Å². The summed E-state index contributed by atoms with van der Waals surface area (Å²) < 4.78 is 15.5. The van der Waals surface area contributed by atoms with Crippen molar-refractivity contribution in [1.29, 1.82) is 0 Å². The lowest BCUT2D eigenvalue weighted by molar-refractivity contribution is 0.107. The van der Waals surface area contributed by atoms with Gasteiger partial charge in [0.05, 0.1) is 0 Å². The highest BCUT2D eigenvalue weighted by molar-refractivity contribution is 6.36. The van der Waals surface area contributed by atoms with E-state index in [1.54, 1.807) is 0 Å². The first kappa shape index (κ1) is 10.1. The number of hydrogen-bond donors (Lipinski definition) is 0. The first-order chi connectivity index (χ1) is 4.85. The molecule has 0 aromatic carbocycles. The highest BCUT2D eigenvalue weighted by Gasteiger charge is 2.15. The molecule has 10 heavy (non-hydrogen) atoms. The van der Waals surface area contributed by atoms with Crippen LogP contribution in [0.5, 0.6) is 0 Å². The zero-order valence-corrected chi connectivity index (χ0v) is 7.85. The molecular formula is C6H15O3Si. The molecule has 0 spiro atoms. The van der Waals surface area contributed by atoms with Crippen LogP contribution in [0.25, 0.3) is 0 Å². The Morgan fingerprint density at radius 2 is 1.10 bits per heavy atom. The summed E-state index contributed by atoms with van der Waals surface area (Å²) in [6.45, 7) is 7.78. The van der Waals surface area contributed by atoms with Gasteiger partial charge in [-0.15, -0.1) is 0 Å². The maximum absolute atomic E-state index is 5.18. The number of rotatable bonds is 6. The predicted octanol–water partition coefficient (Wildman–Crippen LogP) is 1.08. The van der Waals surface area contributed by atoms with Gasteiger partial charge in [0.25, 0.3) is 0 Å². The lowest BCUT2D eigenvalue weighted by Gasteiger charge is -2.10. The predicted molar refractivity (Wildman–Crippen MR) is 40.6 cm³/mol. The Labute approximate surface area is 64.3 Å². The maximum atomic E-state index is 5.18. The Kier molecular flexibility index (Phi) is 7.28. The van der Waals surface area contributed by atoms with Crippen LogP contribution in [0.2, 0.25) is 0 Å². The van der Waals surface area contributed by atoms with Crippen molar-refractivity contribution in [3.05, 3.63) is 0 Å². The summed E-state index contributed by atoms with van der Waals surface area (Å²) in [6, 6.07) is 0. The molecule has 1 radical (unpaired) electrons. The van der Waals surface area contributed by atoms with Crippen LogP contribution in [0.1, 0.15) is 20.8 Å². The van der Waals surface area contributed by atoms with Crippen molar-refractivity contribution in [2.75, 3.05) is 19.8 Å². The van der Waals surface area contributed by atoms with Gasteiger partial charge in [0, 0.05) is 19.8 Å². The standard InChI is InChI=1S/C6H15O3Si/c1-4-7-10(8-5-2)9-6-3/h4-6H2,1-3H3. The summed E-state index contributed by atoms with van der Waals surface area (Å²) in [4.78, 5) is 0. The van der Waals surface area contributed by atoms with Crippen LogP contribution in [-0.4, -0.2) is 29.3 Å². The van der Waals surface area contributed by atoms with Crippen molar-refractivity contribution >= 4 is 9.53 Å². The summed E-state index contributed by atoms with van der Waals surface area (Å²) >= 11 is 0. The van der Waals surface area contributed by atoms with Crippen LogP contribution in [0.15, 0.2) is 0 Å². The second kappa shape index (κ2) is 7.21. The smallest absolute Gasteiger partial charge is 0.371 e. The van der Waals surface area contributed by atoms with Gasteiger partial charge < -0.3 is 13.3 Å². The van der Waals surface area contributed by atoms with E-state index < -0.39 is 9.53 Å². The molecule has 0 aromatic heterocycles. The lowest BCUT2D eigenvalue weighted by Crippen LogP contribution is -2.27. The Morgan fingerprint density at radius 3 is 1.30 bits per heavy atom. The molecule has 3 nitrogen and oxygen atoms in total. The van der Waals surface area contributed by atoms with Crippen LogP contribution >= 0.6 is 0 Å². The fourth-order valence-corrected chi connectivity index (χ4v) is 1.44. The minimum absolute atomic E-state index is 0.661. The molecule has 0 aliphatic heterocycles. The molecule has 0 aromatic rings. The van der Waals surface area contributed by atoms with Crippen molar-refractivity contribution in [3.8, 4) is 0 Å². The second-order valence-corrected chi connectivity index (χ2v) is 2.92. The Bertz CT molecular complexity index is 55.7. The topological polar surface area (TPSA) is 27.7 Å². The van der Waals surface area contributed by atoms with E-state index in [9.17, 15) is 0 Å². The fraction of sp³-hybridized carbons (Fsp3) is 1.00.